The standard InChI is InChI=1S/C29H27ClF2N6O4S/c1-36-27-24(38-25(39)10-11-34-28(38)23(33)14-18-12-19(31)15-20(32)13-18)9-8-22(30)26(27)29(35-36)37(43(3,40)41)16-17-4-6-21(42-2)7-5-17/h4-13,15,23H,14,16,33H2,1-3H3. The largest absolute Gasteiger partial charge is 0.497 e. The molecule has 0 aliphatic rings. The van der Waals surface area contributed by atoms with Crippen LogP contribution >= 0.6 is 11.6 Å². The second-order valence-corrected chi connectivity index (χ2v) is 12.2. The van der Waals surface area contributed by atoms with Crippen molar-refractivity contribution >= 4 is 38.3 Å². The first-order valence-electron chi connectivity index (χ1n) is 12.9. The minimum Gasteiger partial charge on any atom is -0.497 e. The first kappa shape index (κ1) is 30.1. The van der Waals surface area contributed by atoms with Crippen LogP contribution in [0.4, 0.5) is 14.6 Å². The number of halogens is 3. The summed E-state index contributed by atoms with van der Waals surface area (Å²) in [7, 11) is -0.745. The number of hydrogen-bond donors (Lipinski definition) is 1. The van der Waals surface area contributed by atoms with Gasteiger partial charge in [0.15, 0.2) is 5.82 Å². The zero-order chi connectivity index (χ0) is 31.1. The number of nitrogens with two attached hydrogens (primary N) is 1. The Bertz CT molecular complexity index is 1980. The number of ether oxygens (including phenoxy) is 1. The van der Waals surface area contributed by atoms with Gasteiger partial charge in [0.25, 0.3) is 5.56 Å². The third-order valence-corrected chi connectivity index (χ3v) is 8.26. The van der Waals surface area contributed by atoms with E-state index in [0.29, 0.717) is 16.8 Å². The molecule has 5 rings (SSSR count). The van der Waals surface area contributed by atoms with Gasteiger partial charge in [-0.2, -0.15) is 5.10 Å². The van der Waals surface area contributed by atoms with Crippen LogP contribution in [0.3, 0.4) is 0 Å². The highest BCUT2D eigenvalue weighted by Gasteiger charge is 2.28. The number of aromatic nitrogens is 4. The molecule has 0 aliphatic heterocycles. The van der Waals surface area contributed by atoms with Crippen LogP contribution in [0.25, 0.3) is 16.6 Å². The Kier molecular flexibility index (Phi) is 8.23. The summed E-state index contributed by atoms with van der Waals surface area (Å²) in [5.74, 6) is -0.730. The Morgan fingerprint density at radius 1 is 1.05 bits per heavy atom. The Balaban J connectivity index is 1.66. The number of hydrogen-bond acceptors (Lipinski definition) is 7. The van der Waals surface area contributed by atoms with E-state index >= 15 is 0 Å². The fraction of sp³-hybridized carbons (Fsp3) is 0.207. The number of aryl methyl sites for hydroxylation is 1. The molecule has 3 aromatic carbocycles. The first-order valence-corrected chi connectivity index (χ1v) is 15.1. The second kappa shape index (κ2) is 11.7. The lowest BCUT2D eigenvalue weighted by Gasteiger charge is -2.21. The molecule has 0 radical (unpaired) electrons. The van der Waals surface area contributed by atoms with Gasteiger partial charge in [-0.3, -0.25) is 14.0 Å². The molecule has 0 saturated heterocycles. The van der Waals surface area contributed by atoms with Crippen molar-refractivity contribution < 1.29 is 21.9 Å². The average Bonchev–Trinajstić information content (AvgIpc) is 3.28. The number of methoxy groups -OCH3 is 1. The van der Waals surface area contributed by atoms with Crippen molar-refractivity contribution in [1.29, 1.82) is 0 Å². The van der Waals surface area contributed by atoms with Crippen LogP contribution in [0, 0.1) is 11.6 Å². The summed E-state index contributed by atoms with van der Waals surface area (Å²) in [5.41, 5.74) is 7.53. The van der Waals surface area contributed by atoms with E-state index in [-0.39, 0.29) is 46.3 Å². The first-order chi connectivity index (χ1) is 20.4. The highest BCUT2D eigenvalue weighted by molar-refractivity contribution is 7.92. The summed E-state index contributed by atoms with van der Waals surface area (Å²) in [6.07, 6.45) is 2.33. The van der Waals surface area contributed by atoms with E-state index in [1.165, 1.54) is 34.7 Å². The normalized spacial score (nSPS) is 12.4. The molecular formula is C29H27ClF2N6O4S. The Labute approximate surface area is 251 Å². The molecule has 0 aliphatic carbocycles. The van der Waals surface area contributed by atoms with Gasteiger partial charge in [-0.15, -0.1) is 0 Å². The van der Waals surface area contributed by atoms with Gasteiger partial charge in [0.05, 0.1) is 47.6 Å². The van der Waals surface area contributed by atoms with E-state index in [0.717, 1.165) is 28.8 Å². The molecule has 1 unspecified atom stereocenters. The predicted octanol–water partition coefficient (Wildman–Crippen LogP) is 4.27. The topological polar surface area (TPSA) is 125 Å². The van der Waals surface area contributed by atoms with Crippen LogP contribution in [-0.4, -0.2) is 41.1 Å². The van der Waals surface area contributed by atoms with Crippen molar-refractivity contribution in [3.63, 3.8) is 0 Å². The zero-order valence-electron chi connectivity index (χ0n) is 23.3. The van der Waals surface area contributed by atoms with Gasteiger partial charge in [0.2, 0.25) is 10.0 Å². The third-order valence-electron chi connectivity index (χ3n) is 6.84. The molecule has 2 aromatic heterocycles. The molecule has 5 aromatic rings. The lowest BCUT2D eigenvalue weighted by Crippen LogP contribution is -2.30. The van der Waals surface area contributed by atoms with Crippen LogP contribution in [0.2, 0.25) is 5.02 Å². The van der Waals surface area contributed by atoms with Gasteiger partial charge in [-0.25, -0.2) is 26.5 Å². The van der Waals surface area contributed by atoms with Crippen molar-refractivity contribution in [2.45, 2.75) is 19.0 Å². The Morgan fingerprint density at radius 2 is 1.72 bits per heavy atom. The molecule has 2 N–H and O–H groups in total. The van der Waals surface area contributed by atoms with E-state index in [1.807, 2.05) is 0 Å². The third kappa shape index (κ3) is 6.10. The second-order valence-electron chi connectivity index (χ2n) is 9.92. The predicted molar refractivity (Wildman–Crippen MR) is 160 cm³/mol. The summed E-state index contributed by atoms with van der Waals surface area (Å²) < 4.78 is 62.8. The van der Waals surface area contributed by atoms with E-state index < -0.39 is 33.3 Å². The fourth-order valence-electron chi connectivity index (χ4n) is 4.94. The van der Waals surface area contributed by atoms with Crippen molar-refractivity contribution in [2.75, 3.05) is 17.7 Å². The number of sulfonamides is 1. The molecule has 2 heterocycles. The molecule has 14 heteroatoms. The fourth-order valence-corrected chi connectivity index (χ4v) is 6.00. The van der Waals surface area contributed by atoms with E-state index in [4.69, 9.17) is 22.1 Å². The number of fused-ring (bicyclic) bond motifs is 1. The number of rotatable bonds is 9. The summed E-state index contributed by atoms with van der Waals surface area (Å²) in [6, 6.07) is 13.4. The summed E-state index contributed by atoms with van der Waals surface area (Å²) >= 11 is 6.66. The maximum atomic E-state index is 13.8. The number of nitrogens with zero attached hydrogens (tertiary/aromatic N) is 5. The maximum Gasteiger partial charge on any atom is 0.258 e. The number of anilines is 1. The maximum absolute atomic E-state index is 13.8. The van der Waals surface area contributed by atoms with Gasteiger partial charge in [0, 0.05) is 25.4 Å². The highest BCUT2D eigenvalue weighted by atomic mass is 35.5. The smallest absolute Gasteiger partial charge is 0.258 e. The van der Waals surface area contributed by atoms with E-state index in [1.54, 1.807) is 37.4 Å². The van der Waals surface area contributed by atoms with E-state index in [9.17, 15) is 22.0 Å². The summed E-state index contributed by atoms with van der Waals surface area (Å²) in [6.45, 7) is -0.0529. The van der Waals surface area contributed by atoms with Gasteiger partial charge in [-0.1, -0.05) is 23.7 Å². The van der Waals surface area contributed by atoms with Crippen LogP contribution in [0.1, 0.15) is 23.0 Å². The highest BCUT2D eigenvalue weighted by Crippen LogP contribution is 2.37. The molecule has 0 amide bonds. The van der Waals surface area contributed by atoms with E-state index in [2.05, 4.69) is 10.1 Å². The lowest BCUT2D eigenvalue weighted by molar-refractivity contribution is 0.414. The molecule has 0 bridgehead atoms. The van der Waals surface area contributed by atoms with Crippen LogP contribution in [0.15, 0.2) is 71.7 Å². The SMILES string of the molecule is COc1ccc(CN(c2nn(C)c3c(-n4c(C(N)Cc5cc(F)cc(F)c5)nccc4=O)ccc(Cl)c23)S(C)(=O)=O)cc1. The summed E-state index contributed by atoms with van der Waals surface area (Å²) in [5, 5.41) is 5.01. The number of benzene rings is 3. The zero-order valence-corrected chi connectivity index (χ0v) is 24.9. The van der Waals surface area contributed by atoms with Crippen molar-refractivity contribution in [3.05, 3.63) is 111 Å². The Hall–Kier alpha value is -4.33. The molecule has 1 atom stereocenters. The van der Waals surface area contributed by atoms with Crippen LogP contribution in [-0.2, 0) is 30.0 Å². The van der Waals surface area contributed by atoms with Gasteiger partial charge in [-0.05, 0) is 53.9 Å². The molecule has 0 spiro atoms. The molecule has 10 nitrogen and oxygen atoms in total. The summed E-state index contributed by atoms with van der Waals surface area (Å²) in [4.78, 5) is 17.6. The van der Waals surface area contributed by atoms with Crippen molar-refractivity contribution in [3.8, 4) is 11.4 Å². The van der Waals surface area contributed by atoms with Crippen LogP contribution in [0.5, 0.6) is 5.75 Å². The van der Waals surface area contributed by atoms with Gasteiger partial charge < -0.3 is 10.5 Å². The minimum atomic E-state index is -3.87. The quantitative estimate of drug-likeness (QED) is 0.258. The molecule has 0 saturated carbocycles. The lowest BCUT2D eigenvalue weighted by atomic mass is 10.0. The molecular weight excluding hydrogens is 602 g/mol. The van der Waals surface area contributed by atoms with Crippen molar-refractivity contribution in [2.24, 2.45) is 12.8 Å². The molecule has 0 fully saturated rings. The van der Waals surface area contributed by atoms with Gasteiger partial charge in [0.1, 0.15) is 23.2 Å². The Morgan fingerprint density at radius 3 is 2.35 bits per heavy atom. The molecule has 43 heavy (non-hydrogen) atoms. The molecule has 224 valence electrons. The monoisotopic (exact) mass is 628 g/mol. The average molecular weight is 629 g/mol. The minimum absolute atomic E-state index is 0.0256. The van der Waals surface area contributed by atoms with Gasteiger partial charge >= 0.3 is 0 Å². The van der Waals surface area contributed by atoms with Crippen molar-refractivity contribution in [1.82, 2.24) is 19.3 Å². The van der Waals surface area contributed by atoms with Crippen LogP contribution < -0.4 is 20.3 Å².